The molecule has 0 radical (unpaired) electrons. The van der Waals surface area contributed by atoms with Crippen LogP contribution in [0.5, 0.6) is 5.75 Å². The van der Waals surface area contributed by atoms with Crippen molar-refractivity contribution < 1.29 is 84.9 Å². The molecule has 0 unspecified atom stereocenters. The first-order valence-electron chi connectivity index (χ1n) is 25.3. The summed E-state index contributed by atoms with van der Waals surface area (Å²) in [7, 11) is -4.82. The fraction of sp³-hybridized carbons (Fsp3) is 0.520. The molecule has 0 spiro atoms. The van der Waals surface area contributed by atoms with E-state index < -0.39 is 163 Å². The van der Waals surface area contributed by atoms with E-state index in [4.69, 9.17) is 15.4 Å². The molecule has 434 valence electrons. The van der Waals surface area contributed by atoms with E-state index in [-0.39, 0.29) is 43.9 Å². The van der Waals surface area contributed by atoms with Gasteiger partial charge in [-0.05, 0) is 60.8 Å². The van der Waals surface area contributed by atoms with E-state index in [1.54, 1.807) is 44.2 Å². The van der Waals surface area contributed by atoms with Crippen molar-refractivity contribution in [2.24, 2.45) is 17.6 Å². The number of nitrogens with two attached hydrogens (primary N) is 1. The number of nitrogens with one attached hydrogen (secondary N) is 8. The number of rotatable bonds is 33. The third-order valence-corrected chi connectivity index (χ3v) is 12.7. The second kappa shape index (κ2) is 32.0. The van der Waals surface area contributed by atoms with Crippen molar-refractivity contribution in [3.8, 4) is 5.75 Å². The van der Waals surface area contributed by atoms with Crippen LogP contribution >= 0.6 is 0 Å². The molecule has 9 amide bonds. The Morgan fingerprint density at radius 3 is 1.86 bits per heavy atom. The Morgan fingerprint density at radius 1 is 0.709 bits per heavy atom. The van der Waals surface area contributed by atoms with Gasteiger partial charge in [0.05, 0.1) is 38.1 Å². The van der Waals surface area contributed by atoms with E-state index in [2.05, 4.69) is 46.7 Å². The summed E-state index contributed by atoms with van der Waals surface area (Å²) in [4.78, 5) is 156. The summed E-state index contributed by atoms with van der Waals surface area (Å²) in [6.07, 6.45) is -0.421. The predicted octanol–water partition coefficient (Wildman–Crippen LogP) is -2.63. The van der Waals surface area contributed by atoms with Crippen LogP contribution in [0.2, 0.25) is 0 Å². The normalized spacial score (nSPS) is 15.7. The van der Waals surface area contributed by atoms with Crippen LogP contribution in [0.15, 0.2) is 54.6 Å². The van der Waals surface area contributed by atoms with Gasteiger partial charge in [0, 0.05) is 25.8 Å². The van der Waals surface area contributed by atoms with Gasteiger partial charge in [-0.15, -0.1) is 0 Å². The minimum atomic E-state index is -4.82. The zero-order valence-corrected chi connectivity index (χ0v) is 44.9. The van der Waals surface area contributed by atoms with Gasteiger partial charge in [0.1, 0.15) is 42.2 Å². The number of carbonyl (C=O) groups excluding carboxylic acids is 10. The van der Waals surface area contributed by atoms with Crippen molar-refractivity contribution in [3.63, 3.8) is 0 Å². The molecule has 2 aromatic carbocycles. The number of amides is 9. The van der Waals surface area contributed by atoms with Gasteiger partial charge in [0.15, 0.2) is 0 Å². The molecule has 3 rings (SSSR count). The number of aliphatic carboxylic acids is 2. The Hall–Kier alpha value is -8.05. The monoisotopic (exact) mass is 1130 g/mol. The minimum Gasteiger partial charge on any atom is -0.481 e. The van der Waals surface area contributed by atoms with E-state index in [0.29, 0.717) is 30.3 Å². The first kappa shape index (κ1) is 65.2. The van der Waals surface area contributed by atoms with Gasteiger partial charge in [-0.3, -0.25) is 57.3 Å². The van der Waals surface area contributed by atoms with Gasteiger partial charge in [-0.25, -0.2) is 0 Å². The van der Waals surface area contributed by atoms with E-state index in [0.717, 1.165) is 0 Å². The highest BCUT2D eigenvalue weighted by molar-refractivity contribution is 7.81. The van der Waals surface area contributed by atoms with Gasteiger partial charge < -0.3 is 72.4 Å². The molecule has 13 N–H and O–H groups in total. The molecule has 1 saturated heterocycles. The molecule has 2 aromatic rings. The second-order valence-electron chi connectivity index (χ2n) is 19.1. The van der Waals surface area contributed by atoms with E-state index in [1.807, 2.05) is 13.8 Å². The molecular weight excluding hydrogens is 1060 g/mol. The molecule has 0 aliphatic carbocycles. The van der Waals surface area contributed by atoms with Gasteiger partial charge in [-0.1, -0.05) is 76.6 Å². The molecule has 1 heterocycles. The molecular formula is C50H70N10O18S. The highest BCUT2D eigenvalue weighted by Gasteiger charge is 2.40. The average Bonchev–Trinajstić information content (AvgIpc) is 3.90. The molecule has 29 heteroatoms. The van der Waals surface area contributed by atoms with Crippen LogP contribution in [0.1, 0.15) is 83.8 Å². The number of benzene rings is 2. The Labute approximate surface area is 455 Å². The minimum absolute atomic E-state index is 0.0150. The maximum Gasteiger partial charge on any atom is 0.446 e. The summed E-state index contributed by atoms with van der Waals surface area (Å²) in [6.45, 7) is 5.08. The zero-order valence-electron chi connectivity index (χ0n) is 44.1. The van der Waals surface area contributed by atoms with Crippen molar-refractivity contribution in [2.75, 3.05) is 26.2 Å². The smallest absolute Gasteiger partial charge is 0.446 e. The van der Waals surface area contributed by atoms with Gasteiger partial charge >= 0.3 is 22.3 Å². The summed E-state index contributed by atoms with van der Waals surface area (Å²) < 4.78 is 35.6. The third-order valence-electron chi connectivity index (χ3n) is 12.3. The lowest BCUT2D eigenvalue weighted by atomic mass is 9.97. The number of carbonyl (C=O) groups is 12. The van der Waals surface area contributed by atoms with Crippen LogP contribution < -0.4 is 52.5 Å². The van der Waals surface area contributed by atoms with Crippen LogP contribution in [-0.2, 0) is 80.8 Å². The Balaban J connectivity index is 1.63. The van der Waals surface area contributed by atoms with Crippen molar-refractivity contribution in [1.29, 1.82) is 0 Å². The Bertz CT molecular complexity index is 2610. The number of likely N-dealkylation sites (tertiary alicyclic amines) is 1. The van der Waals surface area contributed by atoms with Crippen molar-refractivity contribution in [2.45, 2.75) is 128 Å². The largest absolute Gasteiger partial charge is 0.481 e. The van der Waals surface area contributed by atoms with E-state index in [9.17, 15) is 71.1 Å². The molecule has 0 aromatic heterocycles. The molecule has 28 nitrogen and oxygen atoms in total. The molecule has 0 saturated carbocycles. The molecule has 1 fully saturated rings. The van der Waals surface area contributed by atoms with E-state index >= 15 is 0 Å². The lowest BCUT2D eigenvalue weighted by molar-refractivity contribution is -0.142. The quantitative estimate of drug-likeness (QED) is 0.0257. The molecule has 1 aliphatic heterocycles. The fourth-order valence-electron chi connectivity index (χ4n) is 8.07. The zero-order chi connectivity index (χ0) is 59.0. The van der Waals surface area contributed by atoms with Crippen molar-refractivity contribution in [3.05, 3.63) is 65.7 Å². The predicted molar refractivity (Wildman–Crippen MR) is 278 cm³/mol. The van der Waals surface area contributed by atoms with Gasteiger partial charge in [-0.2, -0.15) is 8.42 Å². The summed E-state index contributed by atoms with van der Waals surface area (Å²) >= 11 is 0. The van der Waals surface area contributed by atoms with E-state index in [1.165, 1.54) is 29.2 Å². The van der Waals surface area contributed by atoms with Gasteiger partial charge in [0.2, 0.25) is 53.2 Å². The number of aldehydes is 1. The van der Waals surface area contributed by atoms with Gasteiger partial charge in [0.25, 0.3) is 0 Å². The topological polar surface area (TPSA) is 434 Å². The maximum atomic E-state index is 14.1. The summed E-state index contributed by atoms with van der Waals surface area (Å²) in [5.74, 6) is -11.1. The summed E-state index contributed by atoms with van der Waals surface area (Å²) in [6, 6.07) is 4.36. The molecule has 1 aliphatic rings. The van der Waals surface area contributed by atoms with Crippen LogP contribution in [-0.4, -0.2) is 168 Å². The number of nitrogens with zero attached hydrogens (tertiary/aromatic N) is 1. The second-order valence-corrected chi connectivity index (χ2v) is 20.2. The molecule has 0 bridgehead atoms. The van der Waals surface area contributed by atoms with Crippen LogP contribution in [0.4, 0.5) is 0 Å². The Morgan fingerprint density at radius 2 is 1.28 bits per heavy atom. The Kier molecular flexibility index (Phi) is 26.4. The van der Waals surface area contributed by atoms with Crippen LogP contribution in [0, 0.1) is 11.8 Å². The maximum absolute atomic E-state index is 14.1. The van der Waals surface area contributed by atoms with Crippen LogP contribution in [0.3, 0.4) is 0 Å². The number of hydrogen-bond donors (Lipinski definition) is 12. The lowest BCUT2D eigenvalue weighted by Crippen LogP contribution is -2.58. The average molecular weight is 1130 g/mol. The molecule has 8 atom stereocenters. The summed E-state index contributed by atoms with van der Waals surface area (Å²) in [5, 5.41) is 38.0. The first-order valence-corrected chi connectivity index (χ1v) is 26.6. The highest BCUT2D eigenvalue weighted by Crippen LogP contribution is 2.22. The lowest BCUT2D eigenvalue weighted by Gasteiger charge is -2.31. The number of carboxylic acids is 2. The van der Waals surface area contributed by atoms with Crippen LogP contribution in [0.25, 0.3) is 0 Å². The summed E-state index contributed by atoms with van der Waals surface area (Å²) in [5.41, 5.74) is 6.66. The fourth-order valence-corrected chi connectivity index (χ4v) is 8.42. The van der Waals surface area contributed by atoms with Crippen molar-refractivity contribution in [1.82, 2.24) is 47.4 Å². The number of carboxylic acid groups (broad SMARTS) is 2. The van der Waals surface area contributed by atoms with Crippen molar-refractivity contribution >= 4 is 81.8 Å². The standard InChI is InChI=1S/C50H70N10O18S/c1-5-29(4)44(59-41(64)26-53-46(70)35(17-18-42(65)66)57-48(72)37(21-30-10-7-6-8-11-30)58-45(69)34(51)23-43(67)68)50(74)60-19-9-12-38(60)49(73)54-24-39(62)52-25-40(63)56-36(47(71)55-32(27-61)20-28(2)3)22-31-13-15-33(16-14-31)78-79(75,76)77/h6-8,10-11,13-16,27-29,32,34-38,44H,5,9,12,17-26,51H2,1-4H3,(H,52,62)(H,53,70)(H,54,73)(H,55,71)(H,56,63)(H,57,72)(H,58,69)(H,59,64)(H,65,66)(H,67,68)(H,75,76,77)/t29-,32-,34-,35-,36-,37-,38-,44-/m0/s1. The first-order chi connectivity index (χ1) is 37.2. The SMILES string of the molecule is CC[C@H](C)[C@H](NC(=O)CNC(=O)[C@H](CCC(=O)O)NC(=O)[C@H](Cc1ccccc1)NC(=O)[C@@H](N)CC(=O)O)C(=O)N1CCC[C@H]1C(=O)NCC(=O)NCC(=O)N[C@@H](Cc1ccc(OS(=O)(=O)O)cc1)C(=O)N[C@H](C=O)CC(C)C. The third kappa shape index (κ3) is 23.6. The molecule has 79 heavy (non-hydrogen) atoms. The number of hydrogen-bond acceptors (Lipinski definition) is 16. The highest BCUT2D eigenvalue weighted by atomic mass is 32.3.